The molecule has 0 amide bonds. The fraction of sp³-hybridized carbons (Fsp3) is 0.600. The topological polar surface area (TPSA) is 27.7 Å². The molecule has 0 fully saturated rings. The van der Waals surface area contributed by atoms with Crippen LogP contribution in [0.25, 0.3) is 0 Å². The number of benzene rings is 2. The summed E-state index contributed by atoms with van der Waals surface area (Å²) in [6, 6.07) is 13.2. The lowest BCUT2D eigenvalue weighted by atomic mass is 9.79. The van der Waals surface area contributed by atoms with E-state index >= 15 is 0 Å². The third kappa shape index (κ3) is 9.15. The average Bonchev–Trinajstić information content (AvgIpc) is 2.86. The van der Waals surface area contributed by atoms with Crippen molar-refractivity contribution in [3.05, 3.63) is 82.1 Å². The molecule has 0 bridgehead atoms. The van der Waals surface area contributed by atoms with Crippen LogP contribution in [0.4, 0.5) is 0 Å². The highest BCUT2D eigenvalue weighted by molar-refractivity contribution is 7.42. The second kappa shape index (κ2) is 12.9. The van der Waals surface area contributed by atoms with Gasteiger partial charge in [-0.3, -0.25) is 0 Å². The molecule has 0 N–H and O–H groups in total. The fourth-order valence-corrected chi connectivity index (χ4v) is 6.45. The minimum absolute atomic E-state index is 0.0296. The van der Waals surface area contributed by atoms with Gasteiger partial charge in [0.25, 0.3) is 0 Å². The standard InChI is InChI=1S/C40H61O3P/c1-17-27-18-21-33(30(24-27)38(8,9)10)41-44(42-34-22-19-28(36(2,3)4)25-31(34)39(11,12)13)43-35-23-20-29(37(5,6)7)26-32(35)40(14,15)16/h19-27H,17-18H2,1-16H3. The number of rotatable bonds is 7. The molecule has 0 saturated carbocycles. The summed E-state index contributed by atoms with van der Waals surface area (Å²) >= 11 is 0. The van der Waals surface area contributed by atoms with Crippen molar-refractivity contribution in [3.63, 3.8) is 0 Å². The molecule has 2 aromatic rings. The molecule has 1 atom stereocenters. The first-order valence-electron chi connectivity index (χ1n) is 16.5. The zero-order valence-electron chi connectivity index (χ0n) is 30.8. The summed E-state index contributed by atoms with van der Waals surface area (Å²) in [7, 11) is -1.84. The van der Waals surface area contributed by atoms with Gasteiger partial charge in [-0.1, -0.05) is 141 Å². The molecule has 3 nitrogen and oxygen atoms in total. The van der Waals surface area contributed by atoms with Gasteiger partial charge in [-0.25, -0.2) is 0 Å². The van der Waals surface area contributed by atoms with E-state index in [1.807, 2.05) is 0 Å². The lowest BCUT2D eigenvalue weighted by Crippen LogP contribution is -2.20. The number of hydrogen-bond acceptors (Lipinski definition) is 3. The second-order valence-corrected chi connectivity index (χ2v) is 18.7. The highest BCUT2D eigenvalue weighted by atomic mass is 31.2. The molecule has 244 valence electrons. The summed E-state index contributed by atoms with van der Waals surface area (Å²) in [6.07, 6.45) is 6.71. The summed E-state index contributed by atoms with van der Waals surface area (Å²) in [4.78, 5) is 0. The van der Waals surface area contributed by atoms with Crippen molar-refractivity contribution in [2.45, 2.75) is 145 Å². The van der Waals surface area contributed by atoms with Crippen molar-refractivity contribution >= 4 is 8.60 Å². The maximum atomic E-state index is 6.88. The Kier molecular flexibility index (Phi) is 10.6. The Morgan fingerprint density at radius 2 is 1.02 bits per heavy atom. The van der Waals surface area contributed by atoms with E-state index in [-0.39, 0.29) is 27.1 Å². The molecule has 0 spiro atoms. The molecule has 44 heavy (non-hydrogen) atoms. The second-order valence-electron chi connectivity index (χ2n) is 17.7. The Balaban J connectivity index is 2.16. The predicted octanol–water partition coefficient (Wildman–Crippen LogP) is 12.9. The lowest BCUT2D eigenvalue weighted by Gasteiger charge is -2.33. The molecule has 0 aromatic heterocycles. The quantitative estimate of drug-likeness (QED) is 0.288. The van der Waals surface area contributed by atoms with E-state index < -0.39 is 8.60 Å². The van der Waals surface area contributed by atoms with Gasteiger partial charge in [0.2, 0.25) is 0 Å². The van der Waals surface area contributed by atoms with E-state index in [0.717, 1.165) is 41.2 Å². The van der Waals surface area contributed by atoms with Gasteiger partial charge in [-0.15, -0.1) is 0 Å². The minimum atomic E-state index is -1.84. The van der Waals surface area contributed by atoms with Crippen LogP contribution in [0.2, 0.25) is 0 Å². The van der Waals surface area contributed by atoms with Crippen molar-refractivity contribution in [3.8, 4) is 11.5 Å². The number of allylic oxidation sites excluding steroid dienone is 3. The van der Waals surface area contributed by atoms with Crippen LogP contribution in [0.3, 0.4) is 0 Å². The van der Waals surface area contributed by atoms with E-state index in [0.29, 0.717) is 5.92 Å². The first-order chi connectivity index (χ1) is 19.9. The van der Waals surface area contributed by atoms with E-state index in [1.54, 1.807) is 0 Å². The summed E-state index contributed by atoms with van der Waals surface area (Å²) in [6.45, 7) is 36.0. The van der Waals surface area contributed by atoms with Crippen LogP contribution < -0.4 is 9.05 Å². The van der Waals surface area contributed by atoms with Crippen LogP contribution in [-0.2, 0) is 26.2 Å². The Bertz CT molecular complexity index is 1280. The first-order valence-corrected chi connectivity index (χ1v) is 17.6. The van der Waals surface area contributed by atoms with Gasteiger partial charge < -0.3 is 13.6 Å². The third-order valence-electron chi connectivity index (χ3n) is 8.43. The minimum Gasteiger partial charge on any atom is -0.409 e. The van der Waals surface area contributed by atoms with Crippen molar-refractivity contribution in [1.29, 1.82) is 0 Å². The molecule has 0 saturated heterocycles. The molecule has 3 rings (SSSR count). The molecule has 2 aromatic carbocycles. The Morgan fingerprint density at radius 1 is 0.591 bits per heavy atom. The van der Waals surface area contributed by atoms with Crippen molar-refractivity contribution < 1.29 is 13.6 Å². The Labute approximate surface area is 271 Å². The van der Waals surface area contributed by atoms with Gasteiger partial charge in [0.1, 0.15) is 17.3 Å². The highest BCUT2D eigenvalue weighted by Crippen LogP contribution is 2.52. The van der Waals surface area contributed by atoms with Gasteiger partial charge in [-0.2, -0.15) is 0 Å². The maximum Gasteiger partial charge on any atom is 0.530 e. The molecule has 0 aliphatic heterocycles. The van der Waals surface area contributed by atoms with E-state index in [1.165, 1.54) is 16.7 Å². The van der Waals surface area contributed by atoms with Crippen molar-refractivity contribution in [2.75, 3.05) is 0 Å². The monoisotopic (exact) mass is 620 g/mol. The Hall–Kier alpha value is -2.25. The van der Waals surface area contributed by atoms with Gasteiger partial charge in [0.05, 0.1) is 0 Å². The molecule has 1 aliphatic rings. The zero-order chi connectivity index (χ0) is 33.5. The highest BCUT2D eigenvalue weighted by Gasteiger charge is 2.34. The summed E-state index contributed by atoms with van der Waals surface area (Å²) in [5, 5.41) is 0. The van der Waals surface area contributed by atoms with Gasteiger partial charge in [0.15, 0.2) is 0 Å². The van der Waals surface area contributed by atoms with Crippen molar-refractivity contribution in [1.82, 2.24) is 0 Å². The molecule has 0 radical (unpaired) electrons. The van der Waals surface area contributed by atoms with Crippen LogP contribution in [0, 0.1) is 11.3 Å². The molecule has 1 unspecified atom stereocenters. The average molecular weight is 621 g/mol. The molecule has 0 heterocycles. The van der Waals surface area contributed by atoms with Crippen LogP contribution in [-0.4, -0.2) is 0 Å². The maximum absolute atomic E-state index is 6.88. The van der Waals surface area contributed by atoms with E-state index in [9.17, 15) is 0 Å². The summed E-state index contributed by atoms with van der Waals surface area (Å²) in [5.74, 6) is 3.01. The van der Waals surface area contributed by atoms with Gasteiger partial charge in [-0.05, 0) is 80.7 Å². The number of hydrogen-bond donors (Lipinski definition) is 0. The van der Waals surface area contributed by atoms with Crippen LogP contribution >= 0.6 is 8.60 Å². The normalized spacial score (nSPS) is 16.9. The van der Waals surface area contributed by atoms with Crippen LogP contribution in [0.15, 0.2) is 59.9 Å². The van der Waals surface area contributed by atoms with Gasteiger partial charge in [0, 0.05) is 11.1 Å². The van der Waals surface area contributed by atoms with Crippen LogP contribution in [0.5, 0.6) is 11.5 Å². The fourth-order valence-electron chi connectivity index (χ4n) is 5.37. The van der Waals surface area contributed by atoms with Gasteiger partial charge >= 0.3 is 8.60 Å². The third-order valence-corrected chi connectivity index (χ3v) is 9.47. The van der Waals surface area contributed by atoms with E-state index in [4.69, 9.17) is 13.6 Å². The largest absolute Gasteiger partial charge is 0.530 e. The van der Waals surface area contributed by atoms with Crippen molar-refractivity contribution in [2.24, 2.45) is 11.3 Å². The smallest absolute Gasteiger partial charge is 0.409 e. The molecule has 1 aliphatic carbocycles. The van der Waals surface area contributed by atoms with E-state index in [2.05, 4.69) is 159 Å². The molecule has 4 heteroatoms. The molecular weight excluding hydrogens is 559 g/mol. The Morgan fingerprint density at radius 3 is 1.36 bits per heavy atom. The van der Waals surface area contributed by atoms with Crippen LogP contribution in [0.1, 0.15) is 146 Å². The summed E-state index contributed by atoms with van der Waals surface area (Å²) in [5.41, 5.74) is 5.82. The predicted molar refractivity (Wildman–Crippen MR) is 191 cm³/mol. The lowest BCUT2D eigenvalue weighted by molar-refractivity contribution is 0.311. The summed E-state index contributed by atoms with van der Waals surface area (Å²) < 4.78 is 20.6. The first kappa shape index (κ1) is 36.2. The SMILES string of the molecule is CCC1C=C(C(C)(C)C)C(OP(Oc2ccc(C(C)(C)C)cc2C(C)(C)C)Oc2ccc(C(C)(C)C)cc2C(C)(C)C)=CC1. The zero-order valence-corrected chi connectivity index (χ0v) is 31.7. The molecular formula is C40H61O3P.